The average molecular weight is 231 g/mol. The van der Waals surface area contributed by atoms with Gasteiger partial charge in [-0.2, -0.15) is 5.10 Å². The third kappa shape index (κ3) is 3.32. The van der Waals surface area contributed by atoms with E-state index in [0.29, 0.717) is 0 Å². The lowest BCUT2D eigenvalue weighted by Crippen LogP contribution is -2.13. The van der Waals surface area contributed by atoms with Gasteiger partial charge in [-0.05, 0) is 23.8 Å². The molecule has 0 saturated carbocycles. The Balaban J connectivity index is 1.81. The molecule has 0 saturated heterocycles. The first-order valence-electron chi connectivity index (χ1n) is 5.60. The minimum atomic E-state index is 0.785. The number of methoxy groups -OCH3 is 1. The number of hydrogen-bond acceptors (Lipinski definition) is 3. The number of rotatable bonds is 5. The lowest BCUT2D eigenvalue weighted by molar-refractivity contribution is 0.414. The highest BCUT2D eigenvalue weighted by atomic mass is 16.5. The monoisotopic (exact) mass is 231 g/mol. The molecule has 0 amide bonds. The molecule has 2 aromatic rings. The first-order chi connectivity index (χ1) is 8.28. The van der Waals surface area contributed by atoms with Gasteiger partial charge < -0.3 is 10.1 Å². The van der Waals surface area contributed by atoms with Gasteiger partial charge in [-0.3, -0.25) is 4.68 Å². The van der Waals surface area contributed by atoms with Crippen LogP contribution in [0.15, 0.2) is 36.5 Å². The van der Waals surface area contributed by atoms with Crippen LogP contribution >= 0.6 is 0 Å². The summed E-state index contributed by atoms with van der Waals surface area (Å²) >= 11 is 0. The fraction of sp³-hybridized carbons (Fsp3) is 0.308. The molecule has 1 N–H and O–H groups in total. The summed E-state index contributed by atoms with van der Waals surface area (Å²) < 4.78 is 6.92. The van der Waals surface area contributed by atoms with Crippen molar-refractivity contribution in [3.8, 4) is 5.75 Å². The summed E-state index contributed by atoms with van der Waals surface area (Å²) in [5.41, 5.74) is 2.29. The minimum Gasteiger partial charge on any atom is -0.497 e. The number of nitrogens with one attached hydrogen (secondary N) is 1. The van der Waals surface area contributed by atoms with E-state index in [0.717, 1.165) is 24.5 Å². The fourth-order valence-electron chi connectivity index (χ4n) is 1.64. The Labute approximate surface area is 101 Å². The smallest absolute Gasteiger partial charge is 0.118 e. The van der Waals surface area contributed by atoms with Crippen molar-refractivity contribution in [2.45, 2.75) is 13.1 Å². The largest absolute Gasteiger partial charge is 0.497 e. The maximum absolute atomic E-state index is 5.11. The van der Waals surface area contributed by atoms with Gasteiger partial charge in [0.05, 0.1) is 12.8 Å². The Morgan fingerprint density at radius 2 is 1.94 bits per heavy atom. The first-order valence-corrected chi connectivity index (χ1v) is 5.60. The van der Waals surface area contributed by atoms with E-state index in [1.807, 2.05) is 36.1 Å². The molecule has 17 heavy (non-hydrogen) atoms. The summed E-state index contributed by atoms with van der Waals surface area (Å²) in [5, 5.41) is 7.66. The molecule has 0 unspecified atom stereocenters. The van der Waals surface area contributed by atoms with E-state index in [-0.39, 0.29) is 0 Å². The molecular weight excluding hydrogens is 214 g/mol. The van der Waals surface area contributed by atoms with E-state index in [9.17, 15) is 0 Å². The van der Waals surface area contributed by atoms with Crippen LogP contribution in [-0.4, -0.2) is 16.9 Å². The van der Waals surface area contributed by atoms with Crippen LogP contribution in [0, 0.1) is 0 Å². The summed E-state index contributed by atoms with van der Waals surface area (Å²) in [6.45, 7) is 1.62. The molecular formula is C13H17N3O. The standard InChI is InChI=1S/C13H17N3O/c1-16-8-7-12(15-16)10-14-9-11-3-5-13(17-2)6-4-11/h3-8,14H,9-10H2,1-2H3. The molecule has 0 fully saturated rings. The Morgan fingerprint density at radius 3 is 2.53 bits per heavy atom. The van der Waals surface area contributed by atoms with Crippen LogP contribution < -0.4 is 10.1 Å². The Morgan fingerprint density at radius 1 is 1.18 bits per heavy atom. The second-order valence-corrected chi connectivity index (χ2v) is 3.93. The SMILES string of the molecule is COc1ccc(CNCc2ccn(C)n2)cc1. The van der Waals surface area contributed by atoms with Gasteiger partial charge in [-0.25, -0.2) is 0 Å². The maximum Gasteiger partial charge on any atom is 0.118 e. The van der Waals surface area contributed by atoms with Crippen molar-refractivity contribution in [3.05, 3.63) is 47.8 Å². The van der Waals surface area contributed by atoms with Gasteiger partial charge in [0.1, 0.15) is 5.75 Å². The van der Waals surface area contributed by atoms with Crippen molar-refractivity contribution in [1.82, 2.24) is 15.1 Å². The van der Waals surface area contributed by atoms with E-state index in [1.165, 1.54) is 5.56 Å². The van der Waals surface area contributed by atoms with Crippen LogP contribution in [0.3, 0.4) is 0 Å². The number of nitrogens with zero attached hydrogens (tertiary/aromatic N) is 2. The van der Waals surface area contributed by atoms with Crippen LogP contribution in [-0.2, 0) is 20.1 Å². The van der Waals surface area contributed by atoms with Crippen molar-refractivity contribution < 1.29 is 4.74 Å². The number of hydrogen-bond donors (Lipinski definition) is 1. The second-order valence-electron chi connectivity index (χ2n) is 3.93. The summed E-state index contributed by atoms with van der Waals surface area (Å²) in [5.74, 6) is 0.887. The molecule has 0 radical (unpaired) electrons. The third-order valence-electron chi connectivity index (χ3n) is 2.56. The summed E-state index contributed by atoms with van der Waals surface area (Å²) in [7, 11) is 3.60. The van der Waals surface area contributed by atoms with Gasteiger partial charge in [0.2, 0.25) is 0 Å². The van der Waals surface area contributed by atoms with Crippen molar-refractivity contribution in [2.75, 3.05) is 7.11 Å². The summed E-state index contributed by atoms with van der Waals surface area (Å²) in [6.07, 6.45) is 1.95. The number of aromatic nitrogens is 2. The van der Waals surface area contributed by atoms with Crippen molar-refractivity contribution in [3.63, 3.8) is 0 Å². The zero-order chi connectivity index (χ0) is 12.1. The van der Waals surface area contributed by atoms with Crippen LogP contribution in [0.1, 0.15) is 11.3 Å². The lowest BCUT2D eigenvalue weighted by atomic mass is 10.2. The van der Waals surface area contributed by atoms with Gasteiger partial charge in [0, 0.05) is 26.3 Å². The van der Waals surface area contributed by atoms with Gasteiger partial charge in [-0.1, -0.05) is 12.1 Å². The maximum atomic E-state index is 5.11. The fourth-order valence-corrected chi connectivity index (χ4v) is 1.64. The van der Waals surface area contributed by atoms with Crippen molar-refractivity contribution >= 4 is 0 Å². The molecule has 0 aliphatic rings. The molecule has 90 valence electrons. The zero-order valence-corrected chi connectivity index (χ0v) is 10.2. The quantitative estimate of drug-likeness (QED) is 0.851. The third-order valence-corrected chi connectivity index (χ3v) is 2.56. The molecule has 1 heterocycles. The second kappa shape index (κ2) is 5.50. The van der Waals surface area contributed by atoms with Gasteiger partial charge in [-0.15, -0.1) is 0 Å². The first kappa shape index (κ1) is 11.7. The highest BCUT2D eigenvalue weighted by Gasteiger charge is 1.97. The molecule has 2 rings (SSSR count). The molecule has 4 heteroatoms. The zero-order valence-electron chi connectivity index (χ0n) is 10.2. The Kier molecular flexibility index (Phi) is 3.77. The van der Waals surface area contributed by atoms with Gasteiger partial charge in [0.25, 0.3) is 0 Å². The predicted octanol–water partition coefficient (Wildman–Crippen LogP) is 1.72. The van der Waals surface area contributed by atoms with E-state index in [2.05, 4.69) is 22.5 Å². The van der Waals surface area contributed by atoms with E-state index in [4.69, 9.17) is 4.74 Å². The molecule has 4 nitrogen and oxygen atoms in total. The highest BCUT2D eigenvalue weighted by molar-refractivity contribution is 5.27. The van der Waals surface area contributed by atoms with Crippen LogP contribution in [0.25, 0.3) is 0 Å². The van der Waals surface area contributed by atoms with Gasteiger partial charge in [0.15, 0.2) is 0 Å². The van der Waals surface area contributed by atoms with Crippen LogP contribution in [0.5, 0.6) is 5.75 Å². The molecule has 0 spiro atoms. The van der Waals surface area contributed by atoms with Crippen LogP contribution in [0.4, 0.5) is 0 Å². The number of aryl methyl sites for hydroxylation is 1. The molecule has 1 aromatic carbocycles. The topological polar surface area (TPSA) is 39.1 Å². The predicted molar refractivity (Wildman–Crippen MR) is 66.7 cm³/mol. The Bertz CT molecular complexity index is 462. The molecule has 0 atom stereocenters. The average Bonchev–Trinajstić information content (AvgIpc) is 2.76. The van der Waals surface area contributed by atoms with Crippen LogP contribution in [0.2, 0.25) is 0 Å². The molecule has 1 aromatic heterocycles. The Hall–Kier alpha value is -1.81. The minimum absolute atomic E-state index is 0.785. The number of benzene rings is 1. The van der Waals surface area contributed by atoms with E-state index < -0.39 is 0 Å². The number of ether oxygens (including phenoxy) is 1. The molecule has 0 aliphatic carbocycles. The van der Waals surface area contributed by atoms with E-state index in [1.54, 1.807) is 7.11 Å². The lowest BCUT2D eigenvalue weighted by Gasteiger charge is -2.04. The molecule has 0 aliphatic heterocycles. The molecule has 0 bridgehead atoms. The van der Waals surface area contributed by atoms with Crippen molar-refractivity contribution in [1.29, 1.82) is 0 Å². The van der Waals surface area contributed by atoms with Crippen molar-refractivity contribution in [2.24, 2.45) is 7.05 Å². The summed E-state index contributed by atoms with van der Waals surface area (Å²) in [4.78, 5) is 0. The normalized spacial score (nSPS) is 10.5. The summed E-state index contributed by atoms with van der Waals surface area (Å²) in [6, 6.07) is 10.1. The van der Waals surface area contributed by atoms with Gasteiger partial charge >= 0.3 is 0 Å². The highest BCUT2D eigenvalue weighted by Crippen LogP contribution is 2.10. The van der Waals surface area contributed by atoms with E-state index >= 15 is 0 Å².